The summed E-state index contributed by atoms with van der Waals surface area (Å²) in [4.78, 5) is 14.6. The van der Waals surface area contributed by atoms with Crippen LogP contribution in [0.15, 0.2) is 35.4 Å². The van der Waals surface area contributed by atoms with E-state index < -0.39 is 47.5 Å². The molecule has 1 amide bonds. The third-order valence-corrected chi connectivity index (χ3v) is 7.25. The fourth-order valence-corrected chi connectivity index (χ4v) is 4.63. The van der Waals surface area contributed by atoms with E-state index in [-0.39, 0.29) is 22.4 Å². The molecule has 1 saturated carbocycles. The average Bonchev–Trinajstić information content (AvgIpc) is 3.50. The van der Waals surface area contributed by atoms with Gasteiger partial charge in [0, 0.05) is 30.3 Å². The van der Waals surface area contributed by atoms with Crippen molar-refractivity contribution >= 4 is 23.1 Å². The molecule has 0 bridgehead atoms. The number of hydrogen-bond donors (Lipinski definition) is 2. The molecular formula is C25H25F5N4O3. The summed E-state index contributed by atoms with van der Waals surface area (Å²) in [5, 5.41) is 18.6. The molecule has 1 spiro atoms. The molecule has 3 aliphatic rings. The van der Waals surface area contributed by atoms with Crippen LogP contribution in [-0.2, 0) is 0 Å². The summed E-state index contributed by atoms with van der Waals surface area (Å²) in [6.45, 7) is 2.67. The van der Waals surface area contributed by atoms with Crippen molar-refractivity contribution in [1.82, 2.24) is 4.90 Å². The normalized spacial score (nSPS) is 21.0. The molecule has 2 aromatic carbocycles. The van der Waals surface area contributed by atoms with E-state index in [1.54, 1.807) is 4.90 Å². The first-order valence-electron chi connectivity index (χ1n) is 11.8. The maximum Gasteiger partial charge on any atom is 0.425 e. The lowest BCUT2D eigenvalue weighted by molar-refractivity contribution is -0.189. The van der Waals surface area contributed by atoms with Crippen LogP contribution < -0.4 is 15.1 Å². The number of aliphatic hydroxyl groups excluding tert-OH is 1. The van der Waals surface area contributed by atoms with Gasteiger partial charge in [0.1, 0.15) is 28.9 Å². The number of alkyl halides is 3. The van der Waals surface area contributed by atoms with Crippen molar-refractivity contribution in [2.75, 3.05) is 16.9 Å². The maximum atomic E-state index is 15.4. The molecule has 37 heavy (non-hydrogen) atoms. The van der Waals surface area contributed by atoms with E-state index in [0.29, 0.717) is 18.8 Å². The highest BCUT2D eigenvalue weighted by atomic mass is 19.4. The highest BCUT2D eigenvalue weighted by Gasteiger charge is 2.50. The second-order valence-corrected chi connectivity index (χ2v) is 9.80. The molecular weight excluding hydrogens is 499 g/mol. The van der Waals surface area contributed by atoms with Gasteiger partial charge in [0.2, 0.25) is 6.35 Å². The molecule has 12 heteroatoms. The van der Waals surface area contributed by atoms with E-state index in [1.807, 2.05) is 0 Å². The van der Waals surface area contributed by atoms with E-state index in [2.05, 4.69) is 10.4 Å². The molecule has 0 aromatic heterocycles. The number of fused-ring (bicyclic) bond motifs is 1. The zero-order valence-electron chi connectivity index (χ0n) is 20.1. The number of aliphatic hydroxyl groups is 1. The summed E-state index contributed by atoms with van der Waals surface area (Å²) in [6.07, 6.45) is -4.89. The summed E-state index contributed by atoms with van der Waals surface area (Å²) in [6, 6.07) is 5.58. The van der Waals surface area contributed by atoms with Gasteiger partial charge in [-0.1, -0.05) is 6.07 Å². The number of carbonyl (C=O) groups excluding carboxylic acids is 1. The minimum atomic E-state index is -4.77. The summed E-state index contributed by atoms with van der Waals surface area (Å²) in [5.74, 6) is -2.59. The number of nitrogens with zero attached hydrogens (tertiary/aromatic N) is 3. The maximum absolute atomic E-state index is 15.4. The van der Waals surface area contributed by atoms with Gasteiger partial charge in [0.05, 0.1) is 5.56 Å². The number of carbonyl (C=O) groups is 1. The van der Waals surface area contributed by atoms with Crippen molar-refractivity contribution in [3.05, 3.63) is 53.1 Å². The second-order valence-electron chi connectivity index (χ2n) is 9.80. The quantitative estimate of drug-likeness (QED) is 0.530. The van der Waals surface area contributed by atoms with E-state index in [1.165, 1.54) is 25.1 Å². The molecule has 2 fully saturated rings. The van der Waals surface area contributed by atoms with Gasteiger partial charge in [0.15, 0.2) is 6.10 Å². The summed E-state index contributed by atoms with van der Waals surface area (Å²) < 4.78 is 74.3. The molecule has 2 aromatic rings. The van der Waals surface area contributed by atoms with E-state index in [0.717, 1.165) is 43.3 Å². The predicted octanol–water partition coefficient (Wildman–Crippen LogP) is 5.14. The van der Waals surface area contributed by atoms with Crippen LogP contribution in [0.4, 0.5) is 33.3 Å². The van der Waals surface area contributed by atoms with Crippen molar-refractivity contribution in [3.63, 3.8) is 0 Å². The highest BCUT2D eigenvalue weighted by Crippen LogP contribution is 2.55. The number of rotatable bonds is 5. The average molecular weight is 524 g/mol. The Morgan fingerprint density at radius 1 is 1.22 bits per heavy atom. The minimum Gasteiger partial charge on any atom is -0.480 e. The van der Waals surface area contributed by atoms with Crippen molar-refractivity contribution < 1.29 is 36.6 Å². The van der Waals surface area contributed by atoms with Crippen LogP contribution in [0.2, 0.25) is 0 Å². The molecule has 1 saturated heterocycles. The van der Waals surface area contributed by atoms with Gasteiger partial charge in [-0.15, -0.1) is 0 Å². The summed E-state index contributed by atoms with van der Waals surface area (Å²) in [5.41, 5.74) is -0.562. The Hall–Kier alpha value is -3.41. The topological polar surface area (TPSA) is 77.4 Å². The van der Waals surface area contributed by atoms with E-state index in [9.17, 15) is 27.5 Å². The minimum absolute atomic E-state index is 0.0663. The van der Waals surface area contributed by atoms with Crippen LogP contribution in [-0.4, -0.2) is 46.9 Å². The smallest absolute Gasteiger partial charge is 0.425 e. The zero-order chi connectivity index (χ0) is 26.7. The Balaban J connectivity index is 1.51. The lowest BCUT2D eigenvalue weighted by atomic mass is 9.93. The van der Waals surface area contributed by atoms with Gasteiger partial charge in [-0.25, -0.2) is 13.8 Å². The van der Waals surface area contributed by atoms with Crippen molar-refractivity contribution in [2.45, 2.75) is 58.2 Å². The first kappa shape index (κ1) is 25.2. The lowest BCUT2D eigenvalue weighted by Crippen LogP contribution is -2.46. The molecule has 2 heterocycles. The molecule has 2 aliphatic heterocycles. The SMILES string of the molecule is Cc1c(F)cccc1NC(=O)c1cc(F)c(N2N=C3CC4(CCN3C2O)CC4)cc1O[C@@H](C)C(F)(F)F. The lowest BCUT2D eigenvalue weighted by Gasteiger charge is -2.33. The first-order valence-corrected chi connectivity index (χ1v) is 11.8. The van der Waals surface area contributed by atoms with Crippen molar-refractivity contribution in [3.8, 4) is 5.75 Å². The standard InChI is InChI=1S/C25H25F5N4O3/c1-13-16(26)4-3-5-18(13)31-22(35)15-10-17(27)19(11-20(15)37-14(2)25(28,29)30)34-23(36)33-9-8-24(6-7-24)12-21(33)32-34/h3-5,10-11,14,23,36H,6-9,12H2,1-2H3,(H,31,35)/t14-,23?/m0/s1. The largest absolute Gasteiger partial charge is 0.480 e. The molecule has 5 rings (SSSR count). The number of amidine groups is 1. The van der Waals surface area contributed by atoms with Crippen LogP contribution in [0.5, 0.6) is 5.75 Å². The number of piperidine rings is 1. The third-order valence-electron chi connectivity index (χ3n) is 7.25. The molecule has 198 valence electrons. The fourth-order valence-electron chi connectivity index (χ4n) is 4.63. The molecule has 0 radical (unpaired) electrons. The van der Waals surface area contributed by atoms with Crippen LogP contribution in [0, 0.1) is 24.0 Å². The van der Waals surface area contributed by atoms with Gasteiger partial charge in [-0.05, 0) is 56.7 Å². The Morgan fingerprint density at radius 2 is 1.95 bits per heavy atom. The molecule has 2 N–H and O–H groups in total. The first-order chi connectivity index (χ1) is 17.4. The summed E-state index contributed by atoms with van der Waals surface area (Å²) >= 11 is 0. The number of hydrogen-bond acceptors (Lipinski definition) is 6. The van der Waals surface area contributed by atoms with Gasteiger partial charge in [-0.2, -0.15) is 18.3 Å². The molecule has 1 aliphatic carbocycles. The van der Waals surface area contributed by atoms with Gasteiger partial charge in [0.25, 0.3) is 5.91 Å². The zero-order valence-corrected chi connectivity index (χ0v) is 20.1. The Labute approximate surface area is 209 Å². The Bertz CT molecular complexity index is 1280. The van der Waals surface area contributed by atoms with Crippen LogP contribution >= 0.6 is 0 Å². The van der Waals surface area contributed by atoms with Crippen LogP contribution in [0.25, 0.3) is 0 Å². The molecule has 7 nitrogen and oxygen atoms in total. The Kier molecular flexibility index (Phi) is 6.05. The summed E-state index contributed by atoms with van der Waals surface area (Å²) in [7, 11) is 0. The Morgan fingerprint density at radius 3 is 2.62 bits per heavy atom. The highest BCUT2D eigenvalue weighted by molar-refractivity contribution is 6.07. The van der Waals surface area contributed by atoms with Gasteiger partial charge < -0.3 is 20.1 Å². The van der Waals surface area contributed by atoms with E-state index in [4.69, 9.17) is 4.74 Å². The number of amides is 1. The van der Waals surface area contributed by atoms with E-state index >= 15 is 4.39 Å². The van der Waals surface area contributed by atoms with Crippen molar-refractivity contribution in [1.29, 1.82) is 0 Å². The van der Waals surface area contributed by atoms with Gasteiger partial charge >= 0.3 is 6.18 Å². The number of hydrazone groups is 1. The predicted molar refractivity (Wildman–Crippen MR) is 125 cm³/mol. The number of benzene rings is 2. The van der Waals surface area contributed by atoms with Crippen LogP contribution in [0.3, 0.4) is 0 Å². The number of nitrogens with one attached hydrogen (secondary N) is 1. The fraction of sp³-hybridized carbons (Fsp3) is 0.440. The number of ether oxygens (including phenoxy) is 1. The molecule has 1 unspecified atom stereocenters. The second kappa shape index (κ2) is 8.86. The number of halogens is 5. The number of anilines is 2. The van der Waals surface area contributed by atoms with Crippen molar-refractivity contribution in [2.24, 2.45) is 10.5 Å². The van der Waals surface area contributed by atoms with Gasteiger partial charge in [-0.3, -0.25) is 4.79 Å². The molecule has 2 atom stereocenters. The monoisotopic (exact) mass is 524 g/mol. The van der Waals surface area contributed by atoms with Crippen LogP contribution in [0.1, 0.15) is 48.5 Å². The third kappa shape index (κ3) is 4.70.